The van der Waals surface area contributed by atoms with E-state index in [0.717, 1.165) is 38.8 Å². The Labute approximate surface area is 99.3 Å². The molecule has 0 radical (unpaired) electrons. The lowest BCUT2D eigenvalue weighted by Gasteiger charge is -2.53. The lowest BCUT2D eigenvalue weighted by atomic mass is 9.67. The van der Waals surface area contributed by atoms with Crippen LogP contribution in [0.4, 0.5) is 0 Å². The van der Waals surface area contributed by atoms with E-state index in [1.54, 1.807) is 0 Å². The van der Waals surface area contributed by atoms with E-state index in [4.69, 9.17) is 10.5 Å². The van der Waals surface area contributed by atoms with Crippen LogP contribution in [0.2, 0.25) is 0 Å². The van der Waals surface area contributed by atoms with Gasteiger partial charge in [0.2, 0.25) is 0 Å². The summed E-state index contributed by atoms with van der Waals surface area (Å²) in [5.74, 6) is 1.52. The van der Waals surface area contributed by atoms with Crippen LogP contribution in [0.25, 0.3) is 0 Å². The van der Waals surface area contributed by atoms with Crippen LogP contribution in [0, 0.1) is 11.8 Å². The summed E-state index contributed by atoms with van der Waals surface area (Å²) in [6.45, 7) is 9.47. The minimum atomic E-state index is 0.251. The number of morpholine rings is 1. The third-order valence-corrected chi connectivity index (χ3v) is 4.96. The minimum Gasteiger partial charge on any atom is -0.379 e. The third-order valence-electron chi connectivity index (χ3n) is 4.96. The Bertz CT molecular complexity index is 228. The fourth-order valence-electron chi connectivity index (χ4n) is 3.61. The molecule has 16 heavy (non-hydrogen) atoms. The summed E-state index contributed by atoms with van der Waals surface area (Å²) in [7, 11) is 0. The molecule has 0 aromatic carbocycles. The van der Waals surface area contributed by atoms with Crippen molar-refractivity contribution in [3.8, 4) is 0 Å². The molecule has 0 bridgehead atoms. The van der Waals surface area contributed by atoms with Crippen molar-refractivity contribution in [2.24, 2.45) is 17.6 Å². The maximum absolute atomic E-state index is 6.14. The van der Waals surface area contributed by atoms with Crippen LogP contribution in [-0.2, 0) is 4.74 Å². The van der Waals surface area contributed by atoms with Gasteiger partial charge in [0.15, 0.2) is 0 Å². The Morgan fingerprint density at radius 2 is 2.00 bits per heavy atom. The van der Waals surface area contributed by atoms with Crippen molar-refractivity contribution < 1.29 is 4.74 Å². The van der Waals surface area contributed by atoms with Crippen molar-refractivity contribution in [1.82, 2.24) is 4.90 Å². The van der Waals surface area contributed by atoms with Crippen molar-refractivity contribution in [2.75, 3.05) is 32.8 Å². The van der Waals surface area contributed by atoms with Crippen LogP contribution in [0.1, 0.15) is 33.1 Å². The molecular formula is C13H26N2O. The van der Waals surface area contributed by atoms with Crippen molar-refractivity contribution >= 4 is 0 Å². The average molecular weight is 226 g/mol. The monoisotopic (exact) mass is 226 g/mol. The molecule has 0 amide bonds. The maximum atomic E-state index is 6.14. The summed E-state index contributed by atoms with van der Waals surface area (Å²) in [6, 6.07) is 0. The van der Waals surface area contributed by atoms with E-state index in [1.165, 1.54) is 19.3 Å². The summed E-state index contributed by atoms with van der Waals surface area (Å²) < 4.78 is 5.46. The molecule has 0 aromatic rings. The molecule has 3 atom stereocenters. The van der Waals surface area contributed by atoms with E-state index in [0.29, 0.717) is 5.92 Å². The van der Waals surface area contributed by atoms with Gasteiger partial charge in [-0.15, -0.1) is 0 Å². The Balaban J connectivity index is 2.15. The summed E-state index contributed by atoms with van der Waals surface area (Å²) in [6.07, 6.45) is 3.97. The van der Waals surface area contributed by atoms with E-state index in [1.807, 2.05) is 0 Å². The molecule has 2 rings (SSSR count). The van der Waals surface area contributed by atoms with E-state index in [2.05, 4.69) is 18.7 Å². The molecule has 2 aliphatic rings. The van der Waals surface area contributed by atoms with Gasteiger partial charge >= 0.3 is 0 Å². The van der Waals surface area contributed by atoms with Gasteiger partial charge < -0.3 is 10.5 Å². The average Bonchev–Trinajstić information content (AvgIpc) is 2.34. The highest BCUT2D eigenvalue weighted by molar-refractivity contribution is 5.00. The molecule has 2 N–H and O–H groups in total. The van der Waals surface area contributed by atoms with Crippen molar-refractivity contribution in [1.29, 1.82) is 0 Å². The lowest BCUT2D eigenvalue weighted by Crippen LogP contribution is -2.63. The zero-order valence-electron chi connectivity index (χ0n) is 10.7. The van der Waals surface area contributed by atoms with Crippen LogP contribution >= 0.6 is 0 Å². The van der Waals surface area contributed by atoms with E-state index < -0.39 is 0 Å². The Morgan fingerprint density at radius 1 is 1.31 bits per heavy atom. The summed E-state index contributed by atoms with van der Waals surface area (Å²) in [4.78, 5) is 2.61. The molecule has 94 valence electrons. The first kappa shape index (κ1) is 12.3. The van der Waals surface area contributed by atoms with Crippen LogP contribution in [0.15, 0.2) is 0 Å². The quantitative estimate of drug-likeness (QED) is 0.775. The first-order chi connectivity index (χ1) is 7.70. The Hall–Kier alpha value is -0.120. The summed E-state index contributed by atoms with van der Waals surface area (Å²) >= 11 is 0. The predicted molar refractivity (Wildman–Crippen MR) is 66.4 cm³/mol. The maximum Gasteiger partial charge on any atom is 0.0594 e. The van der Waals surface area contributed by atoms with E-state index in [9.17, 15) is 0 Å². The van der Waals surface area contributed by atoms with Gasteiger partial charge in [0.05, 0.1) is 13.2 Å². The summed E-state index contributed by atoms with van der Waals surface area (Å²) in [5, 5.41) is 0. The SMILES string of the molecule is CC1CCCC(CN)(N2CCOCC2)C1C. The van der Waals surface area contributed by atoms with Gasteiger partial charge in [-0.1, -0.05) is 26.7 Å². The summed E-state index contributed by atoms with van der Waals surface area (Å²) in [5.41, 5.74) is 6.39. The molecule has 0 spiro atoms. The number of ether oxygens (including phenoxy) is 1. The Kier molecular flexibility index (Phi) is 3.88. The van der Waals surface area contributed by atoms with Crippen LogP contribution in [0.3, 0.4) is 0 Å². The number of hydrogen-bond acceptors (Lipinski definition) is 3. The minimum absolute atomic E-state index is 0.251. The van der Waals surface area contributed by atoms with E-state index in [-0.39, 0.29) is 5.54 Å². The second kappa shape index (κ2) is 5.03. The normalized spacial score (nSPS) is 42.2. The lowest BCUT2D eigenvalue weighted by molar-refractivity contribution is -0.0672. The Morgan fingerprint density at radius 3 is 2.62 bits per heavy atom. The second-order valence-electron chi connectivity index (χ2n) is 5.57. The first-order valence-electron chi connectivity index (χ1n) is 6.73. The molecule has 1 aliphatic carbocycles. The fourth-order valence-corrected chi connectivity index (χ4v) is 3.61. The largest absolute Gasteiger partial charge is 0.379 e. The van der Waals surface area contributed by atoms with Crippen molar-refractivity contribution in [2.45, 2.75) is 38.6 Å². The molecule has 2 fully saturated rings. The predicted octanol–water partition coefficient (Wildman–Crippen LogP) is 1.47. The topological polar surface area (TPSA) is 38.5 Å². The van der Waals surface area contributed by atoms with Crippen LogP contribution < -0.4 is 5.73 Å². The molecule has 3 unspecified atom stereocenters. The number of nitrogens with zero attached hydrogens (tertiary/aromatic N) is 1. The molecule has 3 heteroatoms. The zero-order valence-corrected chi connectivity index (χ0v) is 10.7. The van der Waals surface area contributed by atoms with Gasteiger partial charge in [0.1, 0.15) is 0 Å². The number of rotatable bonds is 2. The van der Waals surface area contributed by atoms with E-state index >= 15 is 0 Å². The van der Waals surface area contributed by atoms with Crippen LogP contribution in [0.5, 0.6) is 0 Å². The van der Waals surface area contributed by atoms with Gasteiger partial charge in [-0.2, -0.15) is 0 Å². The van der Waals surface area contributed by atoms with Gasteiger partial charge in [0, 0.05) is 25.2 Å². The van der Waals surface area contributed by atoms with Gasteiger partial charge in [-0.05, 0) is 18.3 Å². The van der Waals surface area contributed by atoms with Gasteiger partial charge in [-0.3, -0.25) is 4.90 Å². The third kappa shape index (κ3) is 2.01. The van der Waals surface area contributed by atoms with Gasteiger partial charge in [-0.25, -0.2) is 0 Å². The van der Waals surface area contributed by atoms with Crippen molar-refractivity contribution in [3.05, 3.63) is 0 Å². The number of nitrogens with two attached hydrogens (primary N) is 1. The molecule has 0 aromatic heterocycles. The zero-order chi connectivity index (χ0) is 11.6. The molecule has 1 aliphatic heterocycles. The highest BCUT2D eigenvalue weighted by Crippen LogP contribution is 2.41. The molecule has 3 nitrogen and oxygen atoms in total. The van der Waals surface area contributed by atoms with Gasteiger partial charge in [0.25, 0.3) is 0 Å². The number of hydrogen-bond donors (Lipinski definition) is 1. The molecule has 1 saturated heterocycles. The standard InChI is InChI=1S/C13H26N2O/c1-11-4-3-5-13(10-14,12(11)2)15-6-8-16-9-7-15/h11-12H,3-10,14H2,1-2H3. The molecule has 1 heterocycles. The fraction of sp³-hybridized carbons (Fsp3) is 1.00. The van der Waals surface area contributed by atoms with Crippen molar-refractivity contribution in [3.63, 3.8) is 0 Å². The van der Waals surface area contributed by atoms with Crippen LogP contribution in [-0.4, -0.2) is 43.3 Å². The highest BCUT2D eigenvalue weighted by Gasteiger charge is 2.45. The highest BCUT2D eigenvalue weighted by atomic mass is 16.5. The smallest absolute Gasteiger partial charge is 0.0594 e. The molecular weight excluding hydrogens is 200 g/mol. The first-order valence-corrected chi connectivity index (χ1v) is 6.73. The molecule has 1 saturated carbocycles. The second-order valence-corrected chi connectivity index (χ2v) is 5.57.